The van der Waals surface area contributed by atoms with E-state index in [-0.39, 0.29) is 19.1 Å². The number of nitrogens with two attached hydrogens (primary N) is 1. The van der Waals surface area contributed by atoms with Gasteiger partial charge in [0, 0.05) is 26.2 Å². The molecule has 0 heterocycles. The van der Waals surface area contributed by atoms with E-state index in [1.165, 1.54) is 11.4 Å². The van der Waals surface area contributed by atoms with Gasteiger partial charge in [0.2, 0.25) is 0 Å². The summed E-state index contributed by atoms with van der Waals surface area (Å²) in [7, 11) is -0.421. The minimum atomic E-state index is -3.51. The van der Waals surface area contributed by atoms with Gasteiger partial charge in [-0.2, -0.15) is 12.7 Å². The summed E-state index contributed by atoms with van der Waals surface area (Å²) in [6.45, 7) is 2.22. The first-order valence-electron chi connectivity index (χ1n) is 5.94. The third kappa shape index (κ3) is 5.15. The number of rotatable bonds is 7. The van der Waals surface area contributed by atoms with Crippen molar-refractivity contribution in [3.8, 4) is 5.75 Å². The van der Waals surface area contributed by atoms with Crippen LogP contribution in [0.15, 0.2) is 24.3 Å². The molecule has 0 spiro atoms. The minimum Gasteiger partial charge on any atom is -0.497 e. The van der Waals surface area contributed by atoms with Crippen LogP contribution < -0.4 is 15.2 Å². The van der Waals surface area contributed by atoms with Crippen molar-refractivity contribution in [1.82, 2.24) is 9.03 Å². The van der Waals surface area contributed by atoms with E-state index < -0.39 is 10.2 Å². The number of benzene rings is 1. The molecule has 0 aromatic heterocycles. The van der Waals surface area contributed by atoms with Crippen LogP contribution in [0.4, 0.5) is 0 Å². The number of hydrogen-bond acceptors (Lipinski definition) is 4. The van der Waals surface area contributed by atoms with Crippen LogP contribution in [0.2, 0.25) is 0 Å². The highest BCUT2D eigenvalue weighted by Crippen LogP contribution is 2.14. The lowest BCUT2D eigenvalue weighted by atomic mass is 10.2. The molecular weight excluding hydrogens is 266 g/mol. The summed E-state index contributed by atoms with van der Waals surface area (Å²) >= 11 is 0. The Balaban J connectivity index is 2.69. The molecule has 7 heteroatoms. The second kappa shape index (κ2) is 6.85. The van der Waals surface area contributed by atoms with Gasteiger partial charge in [-0.15, -0.1) is 0 Å². The predicted octanol–water partition coefficient (Wildman–Crippen LogP) is 0.309. The zero-order valence-corrected chi connectivity index (χ0v) is 12.3. The van der Waals surface area contributed by atoms with Crippen LogP contribution in [-0.4, -0.2) is 39.5 Å². The maximum Gasteiger partial charge on any atom is 0.279 e. The standard InChI is InChI=1S/C12H21N3O3S/c1-10(13)8-14-19(16,17)15(2)9-11-5-4-6-12(7-11)18-3/h4-7,10,14H,8-9,13H2,1-3H3. The molecule has 1 unspecified atom stereocenters. The Morgan fingerprint density at radius 2 is 2.16 bits per heavy atom. The summed E-state index contributed by atoms with van der Waals surface area (Å²) in [4.78, 5) is 0. The molecule has 0 bridgehead atoms. The van der Waals surface area contributed by atoms with Gasteiger partial charge in [0.1, 0.15) is 5.75 Å². The molecule has 3 N–H and O–H groups in total. The van der Waals surface area contributed by atoms with E-state index in [1.54, 1.807) is 20.1 Å². The first-order chi connectivity index (χ1) is 8.85. The van der Waals surface area contributed by atoms with Gasteiger partial charge in [0.05, 0.1) is 7.11 Å². The van der Waals surface area contributed by atoms with Gasteiger partial charge in [-0.05, 0) is 24.6 Å². The lowest BCUT2D eigenvalue weighted by molar-refractivity contribution is 0.412. The molecule has 0 amide bonds. The molecule has 0 fully saturated rings. The Morgan fingerprint density at radius 3 is 2.74 bits per heavy atom. The van der Waals surface area contributed by atoms with Crippen LogP contribution in [0.25, 0.3) is 0 Å². The molecule has 1 atom stereocenters. The van der Waals surface area contributed by atoms with Crippen LogP contribution in [0.1, 0.15) is 12.5 Å². The maximum atomic E-state index is 11.9. The predicted molar refractivity (Wildman–Crippen MR) is 75.0 cm³/mol. The van der Waals surface area contributed by atoms with E-state index in [2.05, 4.69) is 4.72 Å². The Morgan fingerprint density at radius 1 is 1.47 bits per heavy atom. The Kier molecular flexibility index (Phi) is 5.74. The summed E-state index contributed by atoms with van der Waals surface area (Å²) in [5.74, 6) is 0.701. The monoisotopic (exact) mass is 287 g/mol. The third-order valence-electron chi connectivity index (χ3n) is 2.54. The number of nitrogens with one attached hydrogen (secondary N) is 1. The van der Waals surface area contributed by atoms with Crippen molar-refractivity contribution in [2.75, 3.05) is 20.7 Å². The first kappa shape index (κ1) is 15.9. The molecule has 19 heavy (non-hydrogen) atoms. The van der Waals surface area contributed by atoms with Gasteiger partial charge in [-0.25, -0.2) is 4.72 Å². The minimum absolute atomic E-state index is 0.213. The van der Waals surface area contributed by atoms with E-state index in [4.69, 9.17) is 10.5 Å². The molecule has 0 radical (unpaired) electrons. The summed E-state index contributed by atoms with van der Waals surface area (Å²) < 4.78 is 32.6. The third-order valence-corrected chi connectivity index (χ3v) is 4.02. The topological polar surface area (TPSA) is 84.7 Å². The fourth-order valence-electron chi connectivity index (χ4n) is 1.46. The molecule has 6 nitrogen and oxygen atoms in total. The van der Waals surface area contributed by atoms with Crippen molar-refractivity contribution >= 4 is 10.2 Å². The van der Waals surface area contributed by atoms with Crippen molar-refractivity contribution in [3.05, 3.63) is 29.8 Å². The molecule has 0 saturated carbocycles. The second-order valence-electron chi connectivity index (χ2n) is 4.44. The average Bonchev–Trinajstić information content (AvgIpc) is 2.36. The number of nitrogens with zero attached hydrogens (tertiary/aromatic N) is 1. The van der Waals surface area contributed by atoms with Crippen molar-refractivity contribution in [2.24, 2.45) is 5.73 Å². The van der Waals surface area contributed by atoms with Gasteiger partial charge in [-0.3, -0.25) is 0 Å². The van der Waals surface area contributed by atoms with Gasteiger partial charge in [0.25, 0.3) is 10.2 Å². The largest absolute Gasteiger partial charge is 0.497 e. The molecule has 1 rings (SSSR count). The van der Waals surface area contributed by atoms with E-state index in [0.29, 0.717) is 5.75 Å². The highest BCUT2D eigenvalue weighted by Gasteiger charge is 2.17. The highest BCUT2D eigenvalue weighted by molar-refractivity contribution is 7.87. The maximum absolute atomic E-state index is 11.9. The van der Waals surface area contributed by atoms with E-state index in [1.807, 2.05) is 18.2 Å². The van der Waals surface area contributed by atoms with E-state index in [9.17, 15) is 8.42 Å². The molecular formula is C12H21N3O3S. The zero-order chi connectivity index (χ0) is 14.5. The lowest BCUT2D eigenvalue weighted by Gasteiger charge is -2.18. The van der Waals surface area contributed by atoms with Crippen LogP contribution in [0, 0.1) is 0 Å². The van der Waals surface area contributed by atoms with Crippen LogP contribution in [-0.2, 0) is 16.8 Å². The first-order valence-corrected chi connectivity index (χ1v) is 7.38. The molecule has 1 aromatic rings. The summed E-state index contributed by atoms with van der Waals surface area (Å²) in [6.07, 6.45) is 0. The fourth-order valence-corrected chi connectivity index (χ4v) is 2.47. The molecule has 0 aliphatic carbocycles. The molecule has 0 saturated heterocycles. The highest BCUT2D eigenvalue weighted by atomic mass is 32.2. The van der Waals surface area contributed by atoms with Crippen molar-refractivity contribution in [1.29, 1.82) is 0 Å². The Hall–Kier alpha value is -1.15. The SMILES string of the molecule is COc1cccc(CN(C)S(=O)(=O)NCC(C)N)c1. The number of hydrogen-bond donors (Lipinski definition) is 2. The molecule has 1 aromatic carbocycles. The summed E-state index contributed by atoms with van der Waals surface area (Å²) in [6, 6.07) is 7.06. The smallest absolute Gasteiger partial charge is 0.279 e. The van der Waals surface area contributed by atoms with Gasteiger partial charge < -0.3 is 10.5 Å². The lowest BCUT2D eigenvalue weighted by Crippen LogP contribution is -2.42. The Bertz CT molecular complexity index is 503. The fraction of sp³-hybridized carbons (Fsp3) is 0.500. The molecule has 0 aliphatic heterocycles. The summed E-state index contributed by atoms with van der Waals surface area (Å²) in [5, 5.41) is 0. The summed E-state index contributed by atoms with van der Waals surface area (Å²) in [5.41, 5.74) is 6.38. The average molecular weight is 287 g/mol. The molecule has 0 aliphatic rings. The quantitative estimate of drug-likeness (QED) is 0.756. The number of methoxy groups -OCH3 is 1. The second-order valence-corrected chi connectivity index (χ2v) is 6.30. The van der Waals surface area contributed by atoms with Crippen LogP contribution >= 0.6 is 0 Å². The van der Waals surface area contributed by atoms with Crippen molar-refractivity contribution < 1.29 is 13.2 Å². The van der Waals surface area contributed by atoms with Gasteiger partial charge in [-0.1, -0.05) is 12.1 Å². The van der Waals surface area contributed by atoms with Crippen molar-refractivity contribution in [2.45, 2.75) is 19.5 Å². The van der Waals surface area contributed by atoms with E-state index >= 15 is 0 Å². The van der Waals surface area contributed by atoms with Crippen LogP contribution in [0.5, 0.6) is 5.75 Å². The normalized spacial score (nSPS) is 13.5. The van der Waals surface area contributed by atoms with Gasteiger partial charge in [0.15, 0.2) is 0 Å². The number of ether oxygens (including phenoxy) is 1. The van der Waals surface area contributed by atoms with Gasteiger partial charge >= 0.3 is 0 Å². The zero-order valence-electron chi connectivity index (χ0n) is 11.5. The molecule has 108 valence electrons. The van der Waals surface area contributed by atoms with E-state index in [0.717, 1.165) is 5.56 Å². The Labute approximate surface area is 114 Å². The van der Waals surface area contributed by atoms with Crippen molar-refractivity contribution in [3.63, 3.8) is 0 Å². The van der Waals surface area contributed by atoms with Crippen LogP contribution in [0.3, 0.4) is 0 Å².